The highest BCUT2D eigenvalue weighted by Gasteiger charge is 2.51. The molecule has 0 saturated heterocycles. The molecule has 0 aliphatic heterocycles. The van der Waals surface area contributed by atoms with Gasteiger partial charge in [-0.1, -0.05) is 159 Å². The molecule has 1 spiro atoms. The Bertz CT molecular complexity index is 2560. The Kier molecular flexibility index (Phi) is 7.69. The second-order valence-electron chi connectivity index (χ2n) is 13.3. The summed E-state index contributed by atoms with van der Waals surface area (Å²) in [5, 5.41) is 1.86. The van der Waals surface area contributed by atoms with E-state index in [4.69, 9.17) is 4.42 Å². The zero-order valence-corrected chi connectivity index (χ0v) is 28.5. The van der Waals surface area contributed by atoms with E-state index in [1.807, 2.05) is 24.3 Å². The van der Waals surface area contributed by atoms with Crippen LogP contribution >= 0.6 is 0 Å². The minimum atomic E-state index is -0.338. The smallest absolute Gasteiger partial charge is 0.135 e. The zero-order valence-electron chi connectivity index (χ0n) is 28.5. The molecule has 1 heteroatoms. The molecule has 0 atom stereocenters. The van der Waals surface area contributed by atoms with Gasteiger partial charge in [0.15, 0.2) is 0 Å². The van der Waals surface area contributed by atoms with Crippen LogP contribution in [0.15, 0.2) is 174 Å². The van der Waals surface area contributed by atoms with Crippen molar-refractivity contribution < 1.29 is 4.42 Å². The molecule has 0 radical (unpaired) electrons. The maximum absolute atomic E-state index is 5.77. The normalized spacial score (nSPS) is 12.9. The highest BCUT2D eigenvalue weighted by Crippen LogP contribution is 2.63. The first-order chi connectivity index (χ1) is 24.4. The van der Waals surface area contributed by atoms with Gasteiger partial charge in [-0.15, -0.1) is 0 Å². The van der Waals surface area contributed by atoms with Crippen molar-refractivity contribution in [3.8, 4) is 44.5 Å². The van der Waals surface area contributed by atoms with Gasteiger partial charge in [-0.2, -0.15) is 0 Å². The van der Waals surface area contributed by atoms with Crippen molar-refractivity contribution >= 4 is 24.1 Å². The third-order valence-corrected chi connectivity index (χ3v) is 10.1. The first-order valence-electron chi connectivity index (χ1n) is 17.1. The van der Waals surface area contributed by atoms with Gasteiger partial charge < -0.3 is 4.42 Å². The fourth-order valence-electron chi connectivity index (χ4n) is 7.86. The lowest BCUT2D eigenvalue weighted by Gasteiger charge is -2.30. The fourth-order valence-corrected chi connectivity index (χ4v) is 7.86. The topological polar surface area (TPSA) is 13.1 Å². The van der Waals surface area contributed by atoms with Crippen molar-refractivity contribution in [2.75, 3.05) is 0 Å². The molecule has 1 nitrogen and oxygen atoms in total. The number of furan rings is 1. The molecule has 1 aromatic heterocycles. The van der Waals surface area contributed by atoms with E-state index < -0.39 is 0 Å². The van der Waals surface area contributed by atoms with Crippen LogP contribution in [-0.4, -0.2) is 0 Å². The Hall–Kier alpha value is -6.18. The van der Waals surface area contributed by atoms with Crippen LogP contribution in [0.3, 0.4) is 0 Å². The molecule has 0 fully saturated rings. The summed E-state index contributed by atoms with van der Waals surface area (Å²) >= 11 is 0. The average molecular weight is 643 g/mol. The van der Waals surface area contributed by atoms with E-state index in [1.165, 1.54) is 61.2 Å². The maximum Gasteiger partial charge on any atom is 0.135 e. The van der Waals surface area contributed by atoms with Crippen molar-refractivity contribution in [2.24, 2.45) is 0 Å². The quantitative estimate of drug-likeness (QED) is 0.174. The van der Waals surface area contributed by atoms with Crippen molar-refractivity contribution in [2.45, 2.75) is 19.3 Å². The summed E-state index contributed by atoms with van der Waals surface area (Å²) < 4.78 is 5.77. The number of benzene rings is 6. The van der Waals surface area contributed by atoms with E-state index in [2.05, 4.69) is 161 Å². The van der Waals surface area contributed by atoms with Gasteiger partial charge in [-0.25, -0.2) is 0 Å². The van der Waals surface area contributed by atoms with E-state index in [0.717, 1.165) is 27.3 Å². The molecule has 0 bridgehead atoms. The van der Waals surface area contributed by atoms with Gasteiger partial charge in [-0.05, 0) is 105 Å². The zero-order chi connectivity index (χ0) is 34.4. The maximum atomic E-state index is 5.77. The van der Waals surface area contributed by atoms with Gasteiger partial charge in [0, 0.05) is 10.6 Å². The van der Waals surface area contributed by atoms with Crippen LogP contribution in [0, 0.1) is 0 Å². The third-order valence-electron chi connectivity index (χ3n) is 10.1. The highest BCUT2D eigenvalue weighted by atomic mass is 16.3. The molecule has 0 unspecified atom stereocenters. The van der Waals surface area contributed by atoms with E-state index in [0.29, 0.717) is 5.42 Å². The second-order valence-corrected chi connectivity index (χ2v) is 13.3. The predicted octanol–water partition coefficient (Wildman–Crippen LogP) is 11.6. The lowest BCUT2D eigenvalue weighted by molar-refractivity contribution is 0.577. The molecule has 240 valence electrons. The number of hydrogen-bond acceptors (Lipinski definition) is 1. The molecule has 0 amide bonds. The van der Waals surface area contributed by atoms with Crippen LogP contribution in [0.2, 0.25) is 0 Å². The minimum absolute atomic E-state index is 0.338. The number of fused-ring (bicyclic) bond motifs is 11. The monoisotopic (exact) mass is 642 g/mol. The summed E-state index contributed by atoms with van der Waals surface area (Å²) in [5.41, 5.74) is 17.9. The van der Waals surface area contributed by atoms with Gasteiger partial charge in [0.2, 0.25) is 0 Å². The molecule has 0 saturated carbocycles. The molecular weight excluding hydrogens is 605 g/mol. The summed E-state index contributed by atoms with van der Waals surface area (Å²) in [6.45, 7) is 15.8. The molecule has 7 aromatic rings. The van der Waals surface area contributed by atoms with Crippen molar-refractivity contribution in [3.05, 3.63) is 203 Å². The molecule has 2 aliphatic carbocycles. The number of allylic oxidation sites excluding steroid dienone is 5. The van der Waals surface area contributed by atoms with Crippen LogP contribution in [0.4, 0.5) is 0 Å². The first kappa shape index (κ1) is 31.1. The molecule has 50 heavy (non-hydrogen) atoms. The standard InChI is InChI=1S/C41H26O.C8H12/c1-25-26(2)42-40-21-19-29(23-35(25)40)27-10-9-11-28(22-27)30-18-20-34-33-14-5-8-17-38(33)41(39(34)24-30)36-15-6-3-12-31(36)32-13-4-7-16-37(32)41;1-4-5-6-7-8(2)3/h3-24H,1-2H2;4-7H,1H2,2-3H3/b;6-5-. The van der Waals surface area contributed by atoms with Gasteiger partial charge in [0.25, 0.3) is 0 Å². The summed E-state index contributed by atoms with van der Waals surface area (Å²) in [4.78, 5) is 0. The van der Waals surface area contributed by atoms with Crippen molar-refractivity contribution in [3.63, 3.8) is 0 Å². The lowest BCUT2D eigenvalue weighted by atomic mass is 9.70. The minimum Gasteiger partial charge on any atom is -0.457 e. The summed E-state index contributed by atoms with van der Waals surface area (Å²) in [6.07, 6.45) is 7.69. The van der Waals surface area contributed by atoms with E-state index in [1.54, 1.807) is 6.08 Å². The lowest BCUT2D eigenvalue weighted by Crippen LogP contribution is -2.25. The predicted molar refractivity (Wildman–Crippen MR) is 212 cm³/mol. The third kappa shape index (κ3) is 4.85. The van der Waals surface area contributed by atoms with Crippen LogP contribution in [0.5, 0.6) is 0 Å². The van der Waals surface area contributed by atoms with Gasteiger partial charge >= 0.3 is 0 Å². The molecule has 0 N–H and O–H groups in total. The van der Waals surface area contributed by atoms with Crippen LogP contribution < -0.4 is 10.6 Å². The van der Waals surface area contributed by atoms with Crippen molar-refractivity contribution in [1.82, 2.24) is 0 Å². The molecular formula is C49H38O. The second kappa shape index (κ2) is 12.4. The SMILES string of the molecule is C=C/C=C\C=C(C)C.C=c1oc2ccc(-c3cccc(-c4ccc5c(c4)C4(c6ccccc6-c6ccccc64)c4ccccc4-5)c3)cc2c1=C. The Balaban J connectivity index is 0.000000406. The molecule has 1 heterocycles. The number of rotatable bonds is 4. The van der Waals surface area contributed by atoms with Gasteiger partial charge in [0.05, 0.1) is 5.41 Å². The Morgan fingerprint density at radius 3 is 1.64 bits per heavy atom. The van der Waals surface area contributed by atoms with E-state index >= 15 is 0 Å². The van der Waals surface area contributed by atoms with E-state index in [-0.39, 0.29) is 5.41 Å². The molecule has 2 aliphatic rings. The summed E-state index contributed by atoms with van der Waals surface area (Å²) in [6, 6.07) is 49.1. The van der Waals surface area contributed by atoms with Crippen molar-refractivity contribution in [1.29, 1.82) is 0 Å². The Morgan fingerprint density at radius 1 is 0.540 bits per heavy atom. The van der Waals surface area contributed by atoms with Crippen LogP contribution in [-0.2, 0) is 5.41 Å². The fraction of sp³-hybridized carbons (Fsp3) is 0.0612. The summed E-state index contributed by atoms with van der Waals surface area (Å²) in [5.74, 6) is 0. The van der Waals surface area contributed by atoms with Crippen LogP contribution in [0.25, 0.3) is 68.6 Å². The largest absolute Gasteiger partial charge is 0.457 e. The Labute approximate surface area is 294 Å². The van der Waals surface area contributed by atoms with Gasteiger partial charge in [0.1, 0.15) is 11.0 Å². The first-order valence-corrected chi connectivity index (χ1v) is 17.1. The van der Waals surface area contributed by atoms with Gasteiger partial charge in [-0.3, -0.25) is 0 Å². The highest BCUT2D eigenvalue weighted by molar-refractivity contribution is 5.96. The van der Waals surface area contributed by atoms with E-state index in [9.17, 15) is 0 Å². The number of hydrogen-bond donors (Lipinski definition) is 0. The average Bonchev–Trinajstić information content (AvgIpc) is 3.73. The molecule has 6 aromatic carbocycles. The summed E-state index contributed by atoms with van der Waals surface area (Å²) in [7, 11) is 0. The molecule has 9 rings (SSSR count). The Morgan fingerprint density at radius 2 is 1.06 bits per heavy atom. The van der Waals surface area contributed by atoms with Crippen LogP contribution in [0.1, 0.15) is 36.1 Å².